The summed E-state index contributed by atoms with van der Waals surface area (Å²) in [6, 6.07) is 0. The van der Waals surface area contributed by atoms with E-state index in [-0.39, 0.29) is 5.92 Å². The highest BCUT2D eigenvalue weighted by Crippen LogP contribution is 2.20. The number of carbonyl (C=O) groups is 1. The zero-order valence-corrected chi connectivity index (χ0v) is 9.34. The van der Waals surface area contributed by atoms with Gasteiger partial charge in [-0.25, -0.2) is 0 Å². The lowest BCUT2D eigenvalue weighted by Crippen LogP contribution is -2.34. The summed E-state index contributed by atoms with van der Waals surface area (Å²) in [6.45, 7) is 2.86. The summed E-state index contributed by atoms with van der Waals surface area (Å²) in [6.07, 6.45) is 6.57. The molecule has 2 aliphatic heterocycles. The number of ether oxygens (including phenoxy) is 1. The number of ketones is 1. The van der Waals surface area contributed by atoms with Crippen molar-refractivity contribution in [2.45, 2.75) is 44.6 Å². The molecule has 2 saturated heterocycles. The molecule has 2 rings (SSSR count). The van der Waals surface area contributed by atoms with Gasteiger partial charge in [-0.3, -0.25) is 4.79 Å². The van der Waals surface area contributed by atoms with Gasteiger partial charge in [0.05, 0.1) is 6.10 Å². The van der Waals surface area contributed by atoms with Crippen LogP contribution < -0.4 is 5.32 Å². The topological polar surface area (TPSA) is 38.3 Å². The second-order valence-corrected chi connectivity index (χ2v) is 4.68. The number of hydrogen-bond donors (Lipinski definition) is 1. The minimum Gasteiger partial charge on any atom is -0.378 e. The molecule has 0 radical (unpaired) electrons. The summed E-state index contributed by atoms with van der Waals surface area (Å²) in [5.41, 5.74) is 0. The van der Waals surface area contributed by atoms with Crippen molar-refractivity contribution in [3.05, 3.63) is 0 Å². The van der Waals surface area contributed by atoms with Crippen molar-refractivity contribution < 1.29 is 9.53 Å². The molecule has 0 saturated carbocycles. The van der Waals surface area contributed by atoms with Crippen LogP contribution in [0.1, 0.15) is 38.5 Å². The zero-order chi connectivity index (χ0) is 10.5. The molecule has 2 fully saturated rings. The number of nitrogens with one attached hydrogen (secondary N) is 1. The Bertz CT molecular complexity index is 206. The van der Waals surface area contributed by atoms with Gasteiger partial charge < -0.3 is 10.1 Å². The monoisotopic (exact) mass is 211 g/mol. The molecule has 86 valence electrons. The van der Waals surface area contributed by atoms with Gasteiger partial charge in [0.1, 0.15) is 5.78 Å². The first-order valence-corrected chi connectivity index (χ1v) is 6.21. The van der Waals surface area contributed by atoms with Gasteiger partial charge in [0.2, 0.25) is 0 Å². The largest absolute Gasteiger partial charge is 0.378 e. The minimum atomic E-state index is 0.278. The second-order valence-electron chi connectivity index (χ2n) is 4.68. The molecule has 0 bridgehead atoms. The van der Waals surface area contributed by atoms with E-state index in [1.807, 2.05) is 0 Å². The van der Waals surface area contributed by atoms with Crippen LogP contribution in [0.4, 0.5) is 0 Å². The quantitative estimate of drug-likeness (QED) is 0.766. The van der Waals surface area contributed by atoms with Crippen LogP contribution in [0.3, 0.4) is 0 Å². The number of hydrogen-bond acceptors (Lipinski definition) is 3. The summed E-state index contributed by atoms with van der Waals surface area (Å²) in [7, 11) is 0. The fourth-order valence-electron chi connectivity index (χ4n) is 2.51. The fraction of sp³-hybridized carbons (Fsp3) is 0.917. The fourth-order valence-corrected chi connectivity index (χ4v) is 2.51. The Morgan fingerprint density at radius 3 is 2.93 bits per heavy atom. The van der Waals surface area contributed by atoms with E-state index >= 15 is 0 Å². The van der Waals surface area contributed by atoms with Crippen molar-refractivity contribution in [1.82, 2.24) is 5.32 Å². The van der Waals surface area contributed by atoms with E-state index in [0.29, 0.717) is 11.9 Å². The molecule has 3 heteroatoms. The molecule has 0 amide bonds. The summed E-state index contributed by atoms with van der Waals surface area (Å²) < 4.78 is 5.52. The Morgan fingerprint density at radius 2 is 2.27 bits per heavy atom. The molecule has 0 aromatic heterocycles. The Balaban J connectivity index is 1.66. The molecule has 2 atom stereocenters. The van der Waals surface area contributed by atoms with Gasteiger partial charge in [-0.15, -0.1) is 0 Å². The molecule has 1 N–H and O–H groups in total. The molecule has 15 heavy (non-hydrogen) atoms. The van der Waals surface area contributed by atoms with E-state index in [2.05, 4.69) is 5.32 Å². The smallest absolute Gasteiger partial charge is 0.137 e. The van der Waals surface area contributed by atoms with E-state index in [9.17, 15) is 4.79 Å². The van der Waals surface area contributed by atoms with Crippen LogP contribution in [0.2, 0.25) is 0 Å². The number of Topliss-reactive ketones (excluding diaryl/α,β-unsaturated/α-hetero) is 1. The van der Waals surface area contributed by atoms with Crippen molar-refractivity contribution in [3.63, 3.8) is 0 Å². The first kappa shape index (κ1) is 11.1. The van der Waals surface area contributed by atoms with Gasteiger partial charge in [-0.05, 0) is 38.6 Å². The summed E-state index contributed by atoms with van der Waals surface area (Å²) in [5, 5.41) is 3.29. The number of rotatable bonds is 4. The van der Waals surface area contributed by atoms with Gasteiger partial charge in [0, 0.05) is 25.5 Å². The van der Waals surface area contributed by atoms with Crippen molar-refractivity contribution in [2.24, 2.45) is 5.92 Å². The highest BCUT2D eigenvalue weighted by atomic mass is 16.5. The molecule has 0 aromatic rings. The van der Waals surface area contributed by atoms with Crippen LogP contribution in [0, 0.1) is 5.92 Å². The number of carbonyl (C=O) groups excluding carboxylic acids is 1. The highest BCUT2D eigenvalue weighted by Gasteiger charge is 2.22. The van der Waals surface area contributed by atoms with Gasteiger partial charge in [0.15, 0.2) is 0 Å². The first-order valence-electron chi connectivity index (χ1n) is 6.21. The maximum atomic E-state index is 11.9. The number of piperidine rings is 1. The Hall–Kier alpha value is -0.410. The maximum absolute atomic E-state index is 11.9. The molecule has 0 aliphatic carbocycles. The van der Waals surface area contributed by atoms with Crippen molar-refractivity contribution in [3.8, 4) is 0 Å². The molecule has 2 aliphatic rings. The van der Waals surface area contributed by atoms with E-state index in [0.717, 1.165) is 51.8 Å². The summed E-state index contributed by atoms with van der Waals surface area (Å²) in [4.78, 5) is 11.9. The minimum absolute atomic E-state index is 0.278. The molecule has 0 spiro atoms. The third-order valence-electron chi connectivity index (χ3n) is 3.49. The summed E-state index contributed by atoms with van der Waals surface area (Å²) in [5.74, 6) is 0.720. The normalized spacial score (nSPS) is 31.7. The third-order valence-corrected chi connectivity index (χ3v) is 3.49. The Morgan fingerprint density at radius 1 is 1.33 bits per heavy atom. The third kappa shape index (κ3) is 3.28. The lowest BCUT2D eigenvalue weighted by atomic mass is 9.92. The van der Waals surface area contributed by atoms with E-state index in [4.69, 9.17) is 4.74 Å². The van der Waals surface area contributed by atoms with E-state index in [1.165, 1.54) is 6.42 Å². The standard InChI is InChI=1S/C12H21NO2/c14-12(10-3-1-7-13-9-10)6-5-11-4-2-8-15-11/h10-11,13H,1-9H2. The van der Waals surface area contributed by atoms with Crippen LogP contribution in [0.15, 0.2) is 0 Å². The Labute approximate surface area is 91.6 Å². The molecule has 2 heterocycles. The summed E-state index contributed by atoms with van der Waals surface area (Å²) >= 11 is 0. The Kier molecular flexibility index (Phi) is 4.15. The van der Waals surface area contributed by atoms with Crippen molar-refractivity contribution in [1.29, 1.82) is 0 Å². The predicted molar refractivity (Wildman–Crippen MR) is 58.8 cm³/mol. The van der Waals surface area contributed by atoms with Crippen LogP contribution in [0.5, 0.6) is 0 Å². The average molecular weight is 211 g/mol. The molecular formula is C12H21NO2. The SMILES string of the molecule is O=C(CCC1CCCO1)C1CCCNC1. The van der Waals surface area contributed by atoms with Crippen molar-refractivity contribution in [2.75, 3.05) is 19.7 Å². The van der Waals surface area contributed by atoms with Crippen LogP contribution in [0.25, 0.3) is 0 Å². The highest BCUT2D eigenvalue weighted by molar-refractivity contribution is 5.81. The molecular weight excluding hydrogens is 190 g/mol. The lowest BCUT2D eigenvalue weighted by Gasteiger charge is -2.21. The van der Waals surface area contributed by atoms with E-state index < -0.39 is 0 Å². The van der Waals surface area contributed by atoms with E-state index in [1.54, 1.807) is 0 Å². The van der Waals surface area contributed by atoms with Gasteiger partial charge >= 0.3 is 0 Å². The molecule has 3 nitrogen and oxygen atoms in total. The molecule has 0 aromatic carbocycles. The van der Waals surface area contributed by atoms with Crippen LogP contribution in [-0.2, 0) is 9.53 Å². The van der Waals surface area contributed by atoms with Gasteiger partial charge in [-0.2, -0.15) is 0 Å². The van der Waals surface area contributed by atoms with Gasteiger partial charge in [-0.1, -0.05) is 0 Å². The second kappa shape index (κ2) is 5.61. The lowest BCUT2D eigenvalue weighted by molar-refractivity contribution is -0.123. The van der Waals surface area contributed by atoms with Crippen LogP contribution >= 0.6 is 0 Å². The average Bonchev–Trinajstić information content (AvgIpc) is 2.80. The van der Waals surface area contributed by atoms with Crippen LogP contribution in [-0.4, -0.2) is 31.6 Å². The predicted octanol–water partition coefficient (Wildman–Crippen LogP) is 1.51. The maximum Gasteiger partial charge on any atom is 0.137 e. The zero-order valence-electron chi connectivity index (χ0n) is 9.34. The first-order chi connectivity index (χ1) is 7.36. The van der Waals surface area contributed by atoms with Gasteiger partial charge in [0.25, 0.3) is 0 Å². The van der Waals surface area contributed by atoms with Crippen molar-refractivity contribution >= 4 is 5.78 Å². The molecule has 2 unspecified atom stereocenters.